The van der Waals surface area contributed by atoms with Crippen LogP contribution in [-0.2, 0) is 17.8 Å². The van der Waals surface area contributed by atoms with Crippen molar-refractivity contribution < 1.29 is 9.53 Å². The van der Waals surface area contributed by atoms with Gasteiger partial charge in [-0.05, 0) is 57.4 Å². The van der Waals surface area contributed by atoms with Crippen LogP contribution in [0.15, 0.2) is 42.7 Å². The zero-order chi connectivity index (χ0) is 16.7. The molecule has 1 aromatic heterocycles. The number of carbonyl (C=O) groups is 1. The standard InChI is InChI=1S/C18H25N3O2/c1-14(2)23-17-9-7-16(8-10-17)6-5-15(3)20-18(22)13-21-12-4-11-19-21/h4,7-12,14-15H,5-6,13H2,1-3H3,(H,20,22)/t15-/m1/s1. The third-order valence-electron chi connectivity index (χ3n) is 3.43. The van der Waals surface area contributed by atoms with Gasteiger partial charge in [0.25, 0.3) is 0 Å². The molecule has 0 fully saturated rings. The Morgan fingerprint density at radius 3 is 2.61 bits per heavy atom. The zero-order valence-electron chi connectivity index (χ0n) is 14.0. The average molecular weight is 315 g/mol. The van der Waals surface area contributed by atoms with E-state index in [2.05, 4.69) is 22.5 Å². The van der Waals surface area contributed by atoms with E-state index in [4.69, 9.17) is 4.74 Å². The van der Waals surface area contributed by atoms with Crippen molar-refractivity contribution in [2.45, 2.75) is 52.3 Å². The number of nitrogens with zero attached hydrogens (tertiary/aromatic N) is 2. The Bertz CT molecular complexity index is 591. The second kappa shape index (κ2) is 8.36. The zero-order valence-corrected chi connectivity index (χ0v) is 14.0. The van der Waals surface area contributed by atoms with Gasteiger partial charge in [-0.2, -0.15) is 5.10 Å². The Morgan fingerprint density at radius 2 is 2.00 bits per heavy atom. The van der Waals surface area contributed by atoms with E-state index in [1.54, 1.807) is 17.1 Å². The molecule has 1 N–H and O–H groups in total. The monoisotopic (exact) mass is 315 g/mol. The molecular weight excluding hydrogens is 290 g/mol. The Morgan fingerprint density at radius 1 is 1.26 bits per heavy atom. The van der Waals surface area contributed by atoms with E-state index in [0.717, 1.165) is 18.6 Å². The molecule has 5 nitrogen and oxygen atoms in total. The van der Waals surface area contributed by atoms with Gasteiger partial charge in [-0.1, -0.05) is 12.1 Å². The van der Waals surface area contributed by atoms with Crippen molar-refractivity contribution in [2.75, 3.05) is 0 Å². The van der Waals surface area contributed by atoms with Gasteiger partial charge in [0.2, 0.25) is 5.91 Å². The van der Waals surface area contributed by atoms with E-state index in [-0.39, 0.29) is 24.6 Å². The first-order valence-electron chi connectivity index (χ1n) is 8.05. The molecule has 2 rings (SSSR count). The van der Waals surface area contributed by atoms with Crippen molar-refractivity contribution in [1.29, 1.82) is 0 Å². The van der Waals surface area contributed by atoms with Crippen LogP contribution >= 0.6 is 0 Å². The molecule has 0 aliphatic heterocycles. The number of hydrogen-bond donors (Lipinski definition) is 1. The van der Waals surface area contributed by atoms with Crippen LogP contribution in [0.2, 0.25) is 0 Å². The topological polar surface area (TPSA) is 56.1 Å². The number of aryl methyl sites for hydroxylation is 1. The Balaban J connectivity index is 1.73. The molecular formula is C18H25N3O2. The number of carbonyl (C=O) groups excluding carboxylic acids is 1. The maximum absolute atomic E-state index is 11.9. The molecule has 1 heterocycles. The minimum atomic E-state index is -0.0121. The van der Waals surface area contributed by atoms with Crippen LogP contribution in [0.3, 0.4) is 0 Å². The summed E-state index contributed by atoms with van der Waals surface area (Å²) in [7, 11) is 0. The molecule has 0 saturated carbocycles. The van der Waals surface area contributed by atoms with E-state index in [9.17, 15) is 4.79 Å². The summed E-state index contributed by atoms with van der Waals surface area (Å²) >= 11 is 0. The van der Waals surface area contributed by atoms with Crippen molar-refractivity contribution in [3.05, 3.63) is 48.3 Å². The summed E-state index contributed by atoms with van der Waals surface area (Å²) in [4.78, 5) is 11.9. The predicted octanol–water partition coefficient (Wildman–Crippen LogP) is 2.81. The van der Waals surface area contributed by atoms with Gasteiger partial charge in [-0.3, -0.25) is 9.48 Å². The van der Waals surface area contributed by atoms with Gasteiger partial charge in [-0.25, -0.2) is 0 Å². The third kappa shape index (κ3) is 6.14. The van der Waals surface area contributed by atoms with Crippen LogP contribution in [0.1, 0.15) is 32.8 Å². The summed E-state index contributed by atoms with van der Waals surface area (Å²) in [6.45, 7) is 6.32. The summed E-state index contributed by atoms with van der Waals surface area (Å²) < 4.78 is 7.25. The highest BCUT2D eigenvalue weighted by Gasteiger charge is 2.08. The molecule has 124 valence electrons. The van der Waals surface area contributed by atoms with Crippen molar-refractivity contribution >= 4 is 5.91 Å². The first-order chi connectivity index (χ1) is 11.0. The lowest BCUT2D eigenvalue weighted by Gasteiger charge is -2.14. The van der Waals surface area contributed by atoms with Gasteiger partial charge in [0.15, 0.2) is 0 Å². The number of benzene rings is 1. The Kier molecular flexibility index (Phi) is 6.20. The van der Waals surface area contributed by atoms with Crippen LogP contribution in [0.4, 0.5) is 0 Å². The maximum Gasteiger partial charge on any atom is 0.241 e. The molecule has 5 heteroatoms. The van der Waals surface area contributed by atoms with Gasteiger partial charge in [-0.15, -0.1) is 0 Å². The van der Waals surface area contributed by atoms with E-state index in [1.807, 2.05) is 39.0 Å². The molecule has 1 aromatic carbocycles. The molecule has 0 spiro atoms. The molecule has 0 radical (unpaired) electrons. The quantitative estimate of drug-likeness (QED) is 0.815. The fourth-order valence-corrected chi connectivity index (χ4v) is 2.32. The average Bonchev–Trinajstić information content (AvgIpc) is 2.98. The van der Waals surface area contributed by atoms with Gasteiger partial charge in [0.05, 0.1) is 6.10 Å². The number of ether oxygens (including phenoxy) is 1. The second-order valence-electron chi connectivity index (χ2n) is 6.02. The van der Waals surface area contributed by atoms with Gasteiger partial charge in [0, 0.05) is 18.4 Å². The lowest BCUT2D eigenvalue weighted by molar-refractivity contribution is -0.122. The number of rotatable bonds is 8. The lowest BCUT2D eigenvalue weighted by atomic mass is 10.1. The van der Waals surface area contributed by atoms with Crippen LogP contribution in [-0.4, -0.2) is 27.8 Å². The number of aromatic nitrogens is 2. The third-order valence-corrected chi connectivity index (χ3v) is 3.43. The molecule has 1 amide bonds. The highest BCUT2D eigenvalue weighted by Crippen LogP contribution is 2.15. The molecule has 23 heavy (non-hydrogen) atoms. The maximum atomic E-state index is 11.9. The number of hydrogen-bond acceptors (Lipinski definition) is 3. The predicted molar refractivity (Wildman–Crippen MR) is 90.4 cm³/mol. The Labute approximate surface area is 137 Å². The second-order valence-corrected chi connectivity index (χ2v) is 6.02. The van der Waals surface area contributed by atoms with Crippen LogP contribution in [0.25, 0.3) is 0 Å². The van der Waals surface area contributed by atoms with Crippen molar-refractivity contribution in [3.63, 3.8) is 0 Å². The van der Waals surface area contributed by atoms with E-state index in [1.165, 1.54) is 5.56 Å². The highest BCUT2D eigenvalue weighted by atomic mass is 16.5. The molecule has 0 bridgehead atoms. The number of amides is 1. The highest BCUT2D eigenvalue weighted by molar-refractivity contribution is 5.75. The molecule has 1 atom stereocenters. The van der Waals surface area contributed by atoms with E-state index in [0.29, 0.717) is 0 Å². The summed E-state index contributed by atoms with van der Waals surface area (Å²) in [5.74, 6) is 0.881. The minimum Gasteiger partial charge on any atom is -0.491 e. The smallest absolute Gasteiger partial charge is 0.241 e. The molecule has 0 saturated heterocycles. The Hall–Kier alpha value is -2.30. The molecule has 2 aromatic rings. The van der Waals surface area contributed by atoms with Crippen LogP contribution in [0, 0.1) is 0 Å². The molecule has 0 aliphatic carbocycles. The fourth-order valence-electron chi connectivity index (χ4n) is 2.32. The largest absolute Gasteiger partial charge is 0.491 e. The van der Waals surface area contributed by atoms with Crippen molar-refractivity contribution in [1.82, 2.24) is 15.1 Å². The van der Waals surface area contributed by atoms with Gasteiger partial charge >= 0.3 is 0 Å². The SMILES string of the molecule is CC(C)Oc1ccc(CC[C@@H](C)NC(=O)Cn2cccn2)cc1. The van der Waals surface area contributed by atoms with Gasteiger partial charge < -0.3 is 10.1 Å². The van der Waals surface area contributed by atoms with Crippen molar-refractivity contribution in [2.24, 2.45) is 0 Å². The molecule has 0 aliphatic rings. The van der Waals surface area contributed by atoms with Crippen LogP contribution in [0.5, 0.6) is 5.75 Å². The summed E-state index contributed by atoms with van der Waals surface area (Å²) in [6.07, 6.45) is 5.46. The van der Waals surface area contributed by atoms with E-state index < -0.39 is 0 Å². The number of nitrogens with one attached hydrogen (secondary N) is 1. The first-order valence-corrected chi connectivity index (χ1v) is 8.05. The van der Waals surface area contributed by atoms with Gasteiger partial charge in [0.1, 0.15) is 12.3 Å². The lowest BCUT2D eigenvalue weighted by Crippen LogP contribution is -2.35. The fraction of sp³-hybridized carbons (Fsp3) is 0.444. The normalized spacial score (nSPS) is 12.2. The van der Waals surface area contributed by atoms with Crippen molar-refractivity contribution in [3.8, 4) is 5.75 Å². The summed E-state index contributed by atoms with van der Waals surface area (Å²) in [6, 6.07) is 10.1. The minimum absolute atomic E-state index is 0.0121. The van der Waals surface area contributed by atoms with Crippen LogP contribution < -0.4 is 10.1 Å². The summed E-state index contributed by atoms with van der Waals surface area (Å²) in [5.41, 5.74) is 1.24. The summed E-state index contributed by atoms with van der Waals surface area (Å²) in [5, 5.41) is 7.03. The molecule has 0 unspecified atom stereocenters. The van der Waals surface area contributed by atoms with E-state index >= 15 is 0 Å². The first kappa shape index (κ1) is 17.1.